The highest BCUT2D eigenvalue weighted by atomic mass is 19.1. The fourth-order valence-corrected chi connectivity index (χ4v) is 0.329. The molecule has 0 aromatic rings. The van der Waals surface area contributed by atoms with E-state index in [1.807, 2.05) is 0 Å². The second kappa shape index (κ2) is 5.50. The van der Waals surface area contributed by atoms with Crippen LogP contribution in [0.1, 0.15) is 0 Å². The minimum atomic E-state index is -0.461. The molecule has 0 saturated carbocycles. The number of esters is 1. The number of alkyl halides is 1. The Morgan fingerprint density at radius 3 is 2.89 bits per heavy atom. The van der Waals surface area contributed by atoms with Crippen LogP contribution in [0.2, 0.25) is 0 Å². The van der Waals surface area contributed by atoms with Crippen molar-refractivity contribution in [3.8, 4) is 0 Å². The molecule has 0 aliphatic carbocycles. The van der Waals surface area contributed by atoms with E-state index in [4.69, 9.17) is 0 Å². The smallest absolute Gasteiger partial charge is 0.319 e. The Bertz CT molecular complexity index is 87.0. The molecule has 0 aromatic carbocycles. The fourth-order valence-electron chi connectivity index (χ4n) is 0.329. The zero-order valence-electron chi connectivity index (χ0n) is 5.32. The average Bonchev–Trinajstić information content (AvgIpc) is 1.89. The van der Waals surface area contributed by atoms with E-state index < -0.39 is 6.67 Å². The molecule has 0 radical (unpaired) electrons. The molecule has 0 aliphatic rings. The Morgan fingerprint density at radius 2 is 2.44 bits per heavy atom. The molecular formula is C5H10FNO2. The summed E-state index contributed by atoms with van der Waals surface area (Å²) in [5.74, 6) is -0.372. The van der Waals surface area contributed by atoms with Crippen LogP contribution in [0.5, 0.6) is 0 Å². The molecule has 1 N–H and O–H groups in total. The summed E-state index contributed by atoms with van der Waals surface area (Å²) in [6, 6.07) is 0. The lowest BCUT2D eigenvalue weighted by Crippen LogP contribution is -2.25. The molecule has 54 valence electrons. The van der Waals surface area contributed by atoms with E-state index in [1.165, 1.54) is 7.11 Å². The Kier molecular flexibility index (Phi) is 5.11. The number of carbonyl (C=O) groups excluding carboxylic acids is 1. The Morgan fingerprint density at radius 1 is 1.78 bits per heavy atom. The first kappa shape index (κ1) is 8.36. The van der Waals surface area contributed by atoms with E-state index in [-0.39, 0.29) is 19.1 Å². The molecule has 0 bridgehead atoms. The van der Waals surface area contributed by atoms with E-state index in [9.17, 15) is 9.18 Å². The molecule has 0 rings (SSSR count). The van der Waals surface area contributed by atoms with E-state index in [0.29, 0.717) is 0 Å². The van der Waals surface area contributed by atoms with Gasteiger partial charge in [0.05, 0.1) is 13.7 Å². The van der Waals surface area contributed by atoms with Crippen molar-refractivity contribution < 1.29 is 13.9 Å². The van der Waals surface area contributed by atoms with E-state index in [0.717, 1.165) is 0 Å². The summed E-state index contributed by atoms with van der Waals surface area (Å²) in [5, 5.41) is 2.54. The van der Waals surface area contributed by atoms with Crippen molar-refractivity contribution in [2.75, 3.05) is 26.9 Å². The second-order valence-corrected chi connectivity index (χ2v) is 1.44. The number of hydrogen-bond donors (Lipinski definition) is 1. The minimum Gasteiger partial charge on any atom is -0.468 e. The Labute approximate surface area is 53.2 Å². The first-order chi connectivity index (χ1) is 4.31. The first-order valence-electron chi connectivity index (χ1n) is 2.64. The predicted molar refractivity (Wildman–Crippen MR) is 30.9 cm³/mol. The van der Waals surface area contributed by atoms with Crippen LogP contribution in [0.15, 0.2) is 0 Å². The number of halogens is 1. The quantitative estimate of drug-likeness (QED) is 0.425. The van der Waals surface area contributed by atoms with Crippen LogP contribution in [0, 0.1) is 0 Å². The van der Waals surface area contributed by atoms with Crippen LogP contribution in [0.25, 0.3) is 0 Å². The lowest BCUT2D eigenvalue weighted by atomic mass is 10.6. The zero-order valence-corrected chi connectivity index (χ0v) is 5.32. The number of hydrogen-bond acceptors (Lipinski definition) is 3. The van der Waals surface area contributed by atoms with Crippen molar-refractivity contribution in [3.05, 3.63) is 0 Å². The third kappa shape index (κ3) is 5.23. The molecule has 0 spiro atoms. The van der Waals surface area contributed by atoms with Crippen molar-refractivity contribution in [2.24, 2.45) is 0 Å². The highest BCUT2D eigenvalue weighted by Gasteiger charge is 1.95. The minimum absolute atomic E-state index is 0.0837. The van der Waals surface area contributed by atoms with Gasteiger partial charge in [-0.1, -0.05) is 0 Å². The highest BCUT2D eigenvalue weighted by Crippen LogP contribution is 1.69. The molecular weight excluding hydrogens is 125 g/mol. The highest BCUT2D eigenvalue weighted by molar-refractivity contribution is 5.71. The van der Waals surface area contributed by atoms with Gasteiger partial charge in [-0.3, -0.25) is 4.79 Å². The van der Waals surface area contributed by atoms with Gasteiger partial charge in [0.1, 0.15) is 6.67 Å². The summed E-state index contributed by atoms with van der Waals surface area (Å²) in [5.41, 5.74) is 0. The number of nitrogens with one attached hydrogen (secondary N) is 1. The van der Waals surface area contributed by atoms with Crippen LogP contribution in [-0.4, -0.2) is 32.8 Å². The summed E-state index contributed by atoms with van der Waals surface area (Å²) in [7, 11) is 1.29. The molecule has 9 heavy (non-hydrogen) atoms. The lowest BCUT2D eigenvalue weighted by Gasteiger charge is -1.97. The maximum atomic E-state index is 11.3. The second-order valence-electron chi connectivity index (χ2n) is 1.44. The van der Waals surface area contributed by atoms with Gasteiger partial charge in [0.2, 0.25) is 0 Å². The summed E-state index contributed by atoms with van der Waals surface area (Å²) < 4.78 is 15.6. The van der Waals surface area contributed by atoms with Gasteiger partial charge >= 0.3 is 5.97 Å². The molecule has 3 nitrogen and oxygen atoms in total. The maximum Gasteiger partial charge on any atom is 0.319 e. The lowest BCUT2D eigenvalue weighted by molar-refractivity contribution is -0.139. The number of methoxy groups -OCH3 is 1. The van der Waals surface area contributed by atoms with Crippen LogP contribution in [-0.2, 0) is 9.53 Å². The summed E-state index contributed by atoms with van der Waals surface area (Å²) in [6.45, 7) is -0.174. The van der Waals surface area contributed by atoms with Gasteiger partial charge in [0.25, 0.3) is 0 Å². The van der Waals surface area contributed by atoms with E-state index in [1.54, 1.807) is 0 Å². The molecule has 0 unspecified atom stereocenters. The molecule has 4 heteroatoms. The topological polar surface area (TPSA) is 38.3 Å². The fraction of sp³-hybridized carbons (Fsp3) is 0.800. The Hall–Kier alpha value is -0.640. The van der Waals surface area contributed by atoms with Crippen LogP contribution < -0.4 is 5.32 Å². The predicted octanol–water partition coefficient (Wildman–Crippen LogP) is -0.282. The summed E-state index contributed by atoms with van der Waals surface area (Å²) in [4.78, 5) is 10.3. The third-order valence-electron chi connectivity index (χ3n) is 0.768. The maximum absolute atomic E-state index is 11.3. The number of rotatable bonds is 4. The summed E-state index contributed by atoms with van der Waals surface area (Å²) >= 11 is 0. The molecule has 0 aliphatic heterocycles. The Balaban J connectivity index is 2.97. The van der Waals surface area contributed by atoms with Crippen LogP contribution in [0.3, 0.4) is 0 Å². The van der Waals surface area contributed by atoms with E-state index in [2.05, 4.69) is 10.1 Å². The van der Waals surface area contributed by atoms with Crippen molar-refractivity contribution in [1.82, 2.24) is 5.32 Å². The summed E-state index contributed by atoms with van der Waals surface area (Å²) in [6.07, 6.45) is 0. The van der Waals surface area contributed by atoms with Crippen molar-refractivity contribution in [1.29, 1.82) is 0 Å². The SMILES string of the molecule is COC(=O)CNCCF. The van der Waals surface area contributed by atoms with Crippen LogP contribution in [0.4, 0.5) is 4.39 Å². The third-order valence-corrected chi connectivity index (χ3v) is 0.768. The van der Waals surface area contributed by atoms with Crippen molar-refractivity contribution in [2.45, 2.75) is 0 Å². The van der Waals surface area contributed by atoms with Crippen LogP contribution >= 0.6 is 0 Å². The van der Waals surface area contributed by atoms with Gasteiger partial charge in [-0.05, 0) is 0 Å². The number of carbonyl (C=O) groups is 1. The first-order valence-corrected chi connectivity index (χ1v) is 2.64. The largest absolute Gasteiger partial charge is 0.468 e. The molecule has 0 fully saturated rings. The zero-order chi connectivity index (χ0) is 7.11. The van der Waals surface area contributed by atoms with E-state index >= 15 is 0 Å². The standard InChI is InChI=1S/C5H10FNO2/c1-9-5(8)4-7-3-2-6/h7H,2-4H2,1H3. The van der Waals surface area contributed by atoms with Gasteiger partial charge in [0, 0.05) is 6.54 Å². The van der Waals surface area contributed by atoms with Gasteiger partial charge in [-0.15, -0.1) is 0 Å². The van der Waals surface area contributed by atoms with Crippen molar-refractivity contribution >= 4 is 5.97 Å². The molecule has 0 saturated heterocycles. The van der Waals surface area contributed by atoms with Gasteiger partial charge in [-0.2, -0.15) is 0 Å². The molecule has 0 heterocycles. The normalized spacial score (nSPS) is 9.11. The monoisotopic (exact) mass is 135 g/mol. The average molecular weight is 135 g/mol. The molecule has 0 amide bonds. The van der Waals surface area contributed by atoms with Crippen molar-refractivity contribution in [3.63, 3.8) is 0 Å². The molecule has 0 atom stereocenters. The van der Waals surface area contributed by atoms with Gasteiger partial charge < -0.3 is 10.1 Å². The molecule has 0 aromatic heterocycles. The number of ether oxygens (including phenoxy) is 1. The van der Waals surface area contributed by atoms with Gasteiger partial charge in [0.15, 0.2) is 0 Å². The van der Waals surface area contributed by atoms with Gasteiger partial charge in [-0.25, -0.2) is 4.39 Å².